The summed E-state index contributed by atoms with van der Waals surface area (Å²) in [6.45, 7) is 0. The smallest absolute Gasteiger partial charge is 0.238 e. The van der Waals surface area contributed by atoms with Gasteiger partial charge < -0.3 is 9.26 Å². The Morgan fingerprint density at radius 2 is 2.00 bits per heavy atom. The Hall–Kier alpha value is -1.36. The standard InChI is InChI=1S/C11H11BrN2O2/c1-15-9-5-2-8(3-6-9)4-7-10-13-11(12)14-16-10/h2-3,5-6H,4,7H2,1H3. The van der Waals surface area contributed by atoms with Crippen molar-refractivity contribution >= 4 is 15.9 Å². The van der Waals surface area contributed by atoms with Crippen molar-refractivity contribution in [3.8, 4) is 5.75 Å². The molecule has 2 rings (SSSR count). The van der Waals surface area contributed by atoms with Crippen LogP contribution in [0.5, 0.6) is 5.75 Å². The van der Waals surface area contributed by atoms with Crippen molar-refractivity contribution in [3.05, 3.63) is 40.5 Å². The van der Waals surface area contributed by atoms with Crippen LogP contribution in [0.3, 0.4) is 0 Å². The number of benzene rings is 1. The lowest BCUT2D eigenvalue weighted by Gasteiger charge is -2.01. The van der Waals surface area contributed by atoms with Crippen molar-refractivity contribution in [2.24, 2.45) is 0 Å². The average Bonchev–Trinajstić information content (AvgIpc) is 2.73. The fourth-order valence-electron chi connectivity index (χ4n) is 1.38. The van der Waals surface area contributed by atoms with E-state index >= 15 is 0 Å². The number of methoxy groups -OCH3 is 1. The van der Waals surface area contributed by atoms with Crippen molar-refractivity contribution in [2.45, 2.75) is 12.8 Å². The molecule has 0 fully saturated rings. The van der Waals surface area contributed by atoms with Crippen LogP contribution in [0.1, 0.15) is 11.5 Å². The molecule has 0 aliphatic carbocycles. The molecule has 2 aromatic rings. The number of hydrogen-bond donors (Lipinski definition) is 0. The Labute approximate surface area is 102 Å². The third kappa shape index (κ3) is 2.82. The van der Waals surface area contributed by atoms with Gasteiger partial charge in [0.2, 0.25) is 10.6 Å². The number of ether oxygens (including phenoxy) is 1. The van der Waals surface area contributed by atoms with Crippen molar-refractivity contribution in [1.29, 1.82) is 0 Å². The van der Waals surface area contributed by atoms with Gasteiger partial charge in [-0.1, -0.05) is 12.1 Å². The van der Waals surface area contributed by atoms with Gasteiger partial charge in [0.15, 0.2) is 0 Å². The number of rotatable bonds is 4. The molecule has 1 aromatic carbocycles. The van der Waals surface area contributed by atoms with Crippen molar-refractivity contribution in [2.75, 3.05) is 7.11 Å². The molecule has 0 N–H and O–H groups in total. The first kappa shape index (κ1) is 11.1. The lowest BCUT2D eigenvalue weighted by atomic mass is 10.1. The minimum atomic E-state index is 0.497. The molecule has 0 aliphatic rings. The van der Waals surface area contributed by atoms with Gasteiger partial charge in [-0.3, -0.25) is 0 Å². The third-order valence-corrected chi connectivity index (χ3v) is 2.55. The van der Waals surface area contributed by atoms with Gasteiger partial charge in [0.1, 0.15) is 5.75 Å². The summed E-state index contributed by atoms with van der Waals surface area (Å²) in [5.74, 6) is 1.51. The van der Waals surface area contributed by atoms with E-state index in [1.807, 2.05) is 24.3 Å². The second-order valence-electron chi connectivity index (χ2n) is 3.31. The molecule has 5 heteroatoms. The van der Waals surface area contributed by atoms with E-state index in [1.54, 1.807) is 7.11 Å². The number of aryl methyl sites for hydroxylation is 2. The highest BCUT2D eigenvalue weighted by molar-refractivity contribution is 9.10. The van der Waals surface area contributed by atoms with Gasteiger partial charge in [0.05, 0.1) is 7.11 Å². The van der Waals surface area contributed by atoms with Crippen LogP contribution in [0.25, 0.3) is 0 Å². The zero-order valence-corrected chi connectivity index (χ0v) is 10.4. The zero-order chi connectivity index (χ0) is 11.4. The summed E-state index contributed by atoms with van der Waals surface area (Å²) < 4.78 is 10.6. The van der Waals surface area contributed by atoms with E-state index in [-0.39, 0.29) is 0 Å². The molecule has 16 heavy (non-hydrogen) atoms. The zero-order valence-electron chi connectivity index (χ0n) is 8.81. The molecule has 0 amide bonds. The van der Waals surface area contributed by atoms with Crippen LogP contribution in [0.4, 0.5) is 0 Å². The maximum atomic E-state index is 5.09. The first-order valence-electron chi connectivity index (χ1n) is 4.89. The van der Waals surface area contributed by atoms with E-state index in [0.717, 1.165) is 18.6 Å². The SMILES string of the molecule is COc1ccc(CCc2nc(Br)no2)cc1. The Morgan fingerprint density at radius 3 is 2.56 bits per heavy atom. The molecule has 1 aromatic heterocycles. The molecule has 0 atom stereocenters. The fourth-order valence-corrected chi connectivity index (χ4v) is 1.65. The van der Waals surface area contributed by atoms with Crippen molar-refractivity contribution in [3.63, 3.8) is 0 Å². The molecule has 84 valence electrons. The maximum absolute atomic E-state index is 5.09. The summed E-state index contributed by atoms with van der Waals surface area (Å²) in [6, 6.07) is 7.95. The number of aromatic nitrogens is 2. The average molecular weight is 283 g/mol. The molecule has 4 nitrogen and oxygen atoms in total. The molecule has 0 saturated carbocycles. The topological polar surface area (TPSA) is 48.2 Å². The third-order valence-electron chi connectivity index (χ3n) is 2.23. The van der Waals surface area contributed by atoms with Gasteiger partial charge in [-0.15, -0.1) is 0 Å². The van der Waals surface area contributed by atoms with E-state index in [2.05, 4.69) is 26.1 Å². The van der Waals surface area contributed by atoms with E-state index in [4.69, 9.17) is 9.26 Å². The van der Waals surface area contributed by atoms with E-state index in [1.165, 1.54) is 5.56 Å². The van der Waals surface area contributed by atoms with Crippen molar-refractivity contribution in [1.82, 2.24) is 10.1 Å². The van der Waals surface area contributed by atoms with Crippen LogP contribution in [-0.2, 0) is 12.8 Å². The first-order valence-corrected chi connectivity index (χ1v) is 5.68. The Kier molecular flexibility index (Phi) is 3.56. The van der Waals surface area contributed by atoms with Gasteiger partial charge in [-0.25, -0.2) is 0 Å². The minimum absolute atomic E-state index is 0.497. The highest BCUT2D eigenvalue weighted by Crippen LogP contribution is 2.13. The summed E-state index contributed by atoms with van der Waals surface area (Å²) >= 11 is 3.14. The Morgan fingerprint density at radius 1 is 1.25 bits per heavy atom. The molecular formula is C11H11BrN2O2. The van der Waals surface area contributed by atoms with Crippen LogP contribution in [0.15, 0.2) is 33.5 Å². The molecule has 0 saturated heterocycles. The molecule has 0 spiro atoms. The summed E-state index contributed by atoms with van der Waals surface area (Å²) in [5.41, 5.74) is 1.22. The predicted octanol–water partition coefficient (Wildman–Crippen LogP) is 2.63. The number of hydrogen-bond acceptors (Lipinski definition) is 4. The number of nitrogens with zero attached hydrogens (tertiary/aromatic N) is 2. The minimum Gasteiger partial charge on any atom is -0.497 e. The van der Waals surface area contributed by atoms with Crippen LogP contribution in [-0.4, -0.2) is 17.3 Å². The van der Waals surface area contributed by atoms with Crippen LogP contribution in [0.2, 0.25) is 0 Å². The van der Waals surface area contributed by atoms with E-state index in [0.29, 0.717) is 10.6 Å². The normalized spacial score (nSPS) is 10.4. The molecule has 0 unspecified atom stereocenters. The quantitative estimate of drug-likeness (QED) is 0.865. The summed E-state index contributed by atoms with van der Waals surface area (Å²) in [6.07, 6.45) is 1.61. The first-order chi connectivity index (χ1) is 7.78. The Balaban J connectivity index is 1.94. The molecule has 0 radical (unpaired) electrons. The second kappa shape index (κ2) is 5.12. The number of halogens is 1. The van der Waals surface area contributed by atoms with Gasteiger partial charge >= 0.3 is 0 Å². The van der Waals surface area contributed by atoms with Crippen LogP contribution < -0.4 is 4.74 Å². The summed E-state index contributed by atoms with van der Waals surface area (Å²) in [4.78, 5) is 4.07. The predicted molar refractivity (Wildman–Crippen MR) is 62.4 cm³/mol. The fraction of sp³-hybridized carbons (Fsp3) is 0.273. The van der Waals surface area contributed by atoms with Crippen molar-refractivity contribution < 1.29 is 9.26 Å². The van der Waals surface area contributed by atoms with E-state index < -0.39 is 0 Å². The monoisotopic (exact) mass is 282 g/mol. The highest BCUT2D eigenvalue weighted by Gasteiger charge is 2.03. The van der Waals surface area contributed by atoms with Gasteiger partial charge in [-0.05, 0) is 45.2 Å². The summed E-state index contributed by atoms with van der Waals surface area (Å²) in [7, 11) is 1.66. The highest BCUT2D eigenvalue weighted by atomic mass is 79.9. The van der Waals surface area contributed by atoms with E-state index in [9.17, 15) is 0 Å². The molecule has 0 aliphatic heterocycles. The molecular weight excluding hydrogens is 272 g/mol. The van der Waals surface area contributed by atoms with Gasteiger partial charge in [-0.2, -0.15) is 4.98 Å². The van der Waals surface area contributed by atoms with Gasteiger partial charge in [0.25, 0.3) is 0 Å². The van der Waals surface area contributed by atoms with Crippen LogP contribution in [0, 0.1) is 0 Å². The van der Waals surface area contributed by atoms with Crippen LogP contribution >= 0.6 is 15.9 Å². The largest absolute Gasteiger partial charge is 0.497 e. The molecule has 0 bridgehead atoms. The maximum Gasteiger partial charge on any atom is 0.238 e. The summed E-state index contributed by atoms with van der Waals surface area (Å²) in [5, 5.41) is 3.67. The lowest BCUT2D eigenvalue weighted by molar-refractivity contribution is 0.375. The molecule has 1 heterocycles. The second-order valence-corrected chi connectivity index (χ2v) is 4.01. The lowest BCUT2D eigenvalue weighted by Crippen LogP contribution is -1.91. The van der Waals surface area contributed by atoms with Gasteiger partial charge in [0, 0.05) is 6.42 Å². The Bertz CT molecular complexity index is 453.